The van der Waals surface area contributed by atoms with Gasteiger partial charge in [0, 0.05) is 22.9 Å². The fraction of sp³-hybridized carbons (Fsp3) is 0.526. The molecule has 0 aromatic heterocycles. The van der Waals surface area contributed by atoms with Crippen LogP contribution < -0.4 is 10.1 Å². The molecule has 0 amide bonds. The van der Waals surface area contributed by atoms with Gasteiger partial charge < -0.3 is 10.1 Å². The van der Waals surface area contributed by atoms with Crippen molar-refractivity contribution in [3.8, 4) is 5.75 Å². The van der Waals surface area contributed by atoms with E-state index in [0.29, 0.717) is 18.3 Å². The zero-order valence-corrected chi connectivity index (χ0v) is 13.9. The number of carbonyl (C=O) groups is 1. The summed E-state index contributed by atoms with van der Waals surface area (Å²) in [6, 6.07) is 7.84. The lowest BCUT2D eigenvalue weighted by Gasteiger charge is -2.31. The Morgan fingerprint density at radius 3 is 2.50 bits per heavy atom. The summed E-state index contributed by atoms with van der Waals surface area (Å²) in [6.07, 6.45) is 4.06. The predicted octanol–water partition coefficient (Wildman–Crippen LogP) is 4.41. The van der Waals surface area contributed by atoms with Crippen LogP contribution in [-0.4, -0.2) is 12.4 Å². The van der Waals surface area contributed by atoms with Gasteiger partial charge in [0.05, 0.1) is 6.61 Å². The first-order chi connectivity index (χ1) is 10.4. The molecule has 3 rings (SSSR count). The van der Waals surface area contributed by atoms with Crippen LogP contribution >= 0.6 is 0 Å². The van der Waals surface area contributed by atoms with Crippen molar-refractivity contribution in [1.82, 2.24) is 0 Å². The SMILES string of the molecule is CCOc1ccc(N/C=C2/C(=O)[C@@]3(C)CC[C@H]2C3(C)C)cc1. The Morgan fingerprint density at radius 2 is 1.95 bits per heavy atom. The van der Waals surface area contributed by atoms with Gasteiger partial charge in [-0.3, -0.25) is 4.79 Å². The number of Topliss-reactive ketones (excluding diaryl/α,β-unsaturated/α-hetero) is 1. The van der Waals surface area contributed by atoms with Crippen LogP contribution in [0.1, 0.15) is 40.5 Å². The zero-order valence-electron chi connectivity index (χ0n) is 13.9. The lowest BCUT2D eigenvalue weighted by molar-refractivity contribution is -0.125. The fourth-order valence-corrected chi connectivity index (χ4v) is 4.07. The molecular formula is C19H25NO2. The van der Waals surface area contributed by atoms with Crippen LogP contribution in [0.3, 0.4) is 0 Å². The maximum absolute atomic E-state index is 12.7. The monoisotopic (exact) mass is 299 g/mol. The Kier molecular flexibility index (Phi) is 3.54. The number of nitrogens with one attached hydrogen (secondary N) is 1. The van der Waals surface area contributed by atoms with Crippen LogP contribution in [0, 0.1) is 16.7 Å². The molecule has 2 bridgehead atoms. The number of carbonyl (C=O) groups excluding carboxylic acids is 1. The summed E-state index contributed by atoms with van der Waals surface area (Å²) in [6.45, 7) is 9.24. The fourth-order valence-electron chi connectivity index (χ4n) is 4.07. The normalized spacial score (nSPS) is 30.8. The Morgan fingerprint density at radius 1 is 1.27 bits per heavy atom. The van der Waals surface area contributed by atoms with Crippen LogP contribution in [0.4, 0.5) is 5.69 Å². The molecule has 0 heterocycles. The Labute approximate surface area is 132 Å². The Hall–Kier alpha value is -1.77. The first-order valence-electron chi connectivity index (χ1n) is 8.14. The molecule has 2 atom stereocenters. The van der Waals surface area contributed by atoms with Gasteiger partial charge in [0.25, 0.3) is 0 Å². The van der Waals surface area contributed by atoms with Gasteiger partial charge in [0.1, 0.15) is 5.75 Å². The molecule has 2 aliphatic rings. The summed E-state index contributed by atoms with van der Waals surface area (Å²) in [5.74, 6) is 1.57. The number of hydrogen-bond donors (Lipinski definition) is 1. The lowest BCUT2D eigenvalue weighted by Crippen LogP contribution is -2.32. The van der Waals surface area contributed by atoms with Crippen molar-refractivity contribution in [1.29, 1.82) is 0 Å². The highest BCUT2D eigenvalue weighted by molar-refractivity contribution is 6.04. The molecule has 3 nitrogen and oxygen atoms in total. The molecule has 0 spiro atoms. The number of ether oxygens (including phenoxy) is 1. The van der Waals surface area contributed by atoms with Crippen LogP contribution in [0.5, 0.6) is 5.75 Å². The summed E-state index contributed by atoms with van der Waals surface area (Å²) in [5, 5.41) is 3.29. The number of fused-ring (bicyclic) bond motifs is 2. The number of rotatable bonds is 4. The van der Waals surface area contributed by atoms with Crippen molar-refractivity contribution in [3.05, 3.63) is 36.0 Å². The van der Waals surface area contributed by atoms with Gasteiger partial charge in [-0.05, 0) is 55.4 Å². The maximum atomic E-state index is 12.7. The summed E-state index contributed by atoms with van der Waals surface area (Å²) in [7, 11) is 0. The average Bonchev–Trinajstić information content (AvgIpc) is 2.80. The van der Waals surface area contributed by atoms with Crippen LogP contribution in [0.15, 0.2) is 36.0 Å². The summed E-state index contributed by atoms with van der Waals surface area (Å²) >= 11 is 0. The van der Waals surface area contributed by atoms with Gasteiger partial charge in [-0.2, -0.15) is 0 Å². The third-order valence-corrected chi connectivity index (χ3v) is 5.92. The molecule has 2 saturated carbocycles. The van der Waals surface area contributed by atoms with Crippen LogP contribution in [-0.2, 0) is 4.79 Å². The van der Waals surface area contributed by atoms with E-state index in [1.807, 2.05) is 37.4 Å². The lowest BCUT2D eigenvalue weighted by atomic mass is 9.70. The standard InChI is InChI=1S/C19H25NO2/c1-5-22-14-8-6-13(7-9-14)20-12-15-16-10-11-19(4,17(15)21)18(16,2)3/h6-9,12,16,20H,5,10-11H2,1-4H3/b15-12+/t16-,19-/m1/s1. The summed E-state index contributed by atoms with van der Waals surface area (Å²) in [4.78, 5) is 12.7. The number of allylic oxidation sites excluding steroid dienone is 1. The molecule has 1 aromatic rings. The van der Waals surface area contributed by atoms with E-state index in [-0.39, 0.29) is 10.8 Å². The highest BCUT2D eigenvalue weighted by Crippen LogP contribution is 2.65. The molecule has 0 saturated heterocycles. The van der Waals surface area contributed by atoms with Gasteiger partial charge in [-0.25, -0.2) is 0 Å². The van der Waals surface area contributed by atoms with Crippen molar-refractivity contribution in [2.24, 2.45) is 16.7 Å². The molecule has 22 heavy (non-hydrogen) atoms. The second kappa shape index (κ2) is 5.15. The Balaban J connectivity index is 1.78. The second-order valence-electron chi connectivity index (χ2n) is 7.18. The van der Waals surface area contributed by atoms with E-state index in [1.54, 1.807) is 0 Å². The summed E-state index contributed by atoms with van der Waals surface area (Å²) in [5.41, 5.74) is 1.82. The number of ketones is 1. The minimum Gasteiger partial charge on any atom is -0.494 e. The largest absolute Gasteiger partial charge is 0.494 e. The first-order valence-corrected chi connectivity index (χ1v) is 8.14. The molecule has 2 fully saturated rings. The van der Waals surface area contributed by atoms with Gasteiger partial charge in [-0.15, -0.1) is 0 Å². The van der Waals surface area contributed by atoms with E-state index in [4.69, 9.17) is 4.74 Å². The van der Waals surface area contributed by atoms with Crippen molar-refractivity contribution in [2.45, 2.75) is 40.5 Å². The number of benzene rings is 1. The maximum Gasteiger partial charge on any atom is 0.167 e. The third-order valence-electron chi connectivity index (χ3n) is 5.92. The van der Waals surface area contributed by atoms with Gasteiger partial charge in [0.2, 0.25) is 0 Å². The van der Waals surface area contributed by atoms with Crippen molar-refractivity contribution >= 4 is 11.5 Å². The van der Waals surface area contributed by atoms with E-state index >= 15 is 0 Å². The van der Waals surface area contributed by atoms with E-state index in [1.165, 1.54) is 0 Å². The number of hydrogen-bond acceptors (Lipinski definition) is 3. The molecule has 0 aliphatic heterocycles. The van der Waals surface area contributed by atoms with E-state index in [2.05, 4.69) is 26.1 Å². The molecule has 1 aromatic carbocycles. The molecule has 0 radical (unpaired) electrons. The van der Waals surface area contributed by atoms with E-state index < -0.39 is 0 Å². The minimum absolute atomic E-state index is 0.0659. The zero-order chi connectivity index (χ0) is 16.0. The molecule has 118 valence electrons. The molecule has 2 aliphatic carbocycles. The predicted molar refractivity (Wildman–Crippen MR) is 88.9 cm³/mol. The highest BCUT2D eigenvalue weighted by atomic mass is 16.5. The summed E-state index contributed by atoms with van der Waals surface area (Å²) < 4.78 is 5.44. The Bertz CT molecular complexity index is 615. The van der Waals surface area contributed by atoms with Crippen LogP contribution in [0.25, 0.3) is 0 Å². The topological polar surface area (TPSA) is 38.3 Å². The smallest absolute Gasteiger partial charge is 0.167 e. The second-order valence-corrected chi connectivity index (χ2v) is 7.18. The van der Waals surface area contributed by atoms with E-state index in [0.717, 1.165) is 29.9 Å². The third kappa shape index (κ3) is 2.06. The van der Waals surface area contributed by atoms with E-state index in [9.17, 15) is 4.79 Å². The quantitative estimate of drug-likeness (QED) is 0.837. The van der Waals surface area contributed by atoms with Crippen LogP contribution in [0.2, 0.25) is 0 Å². The molecule has 0 unspecified atom stereocenters. The molecule has 1 N–H and O–H groups in total. The minimum atomic E-state index is -0.190. The molecule has 3 heteroatoms. The first kappa shape index (κ1) is 15.1. The molecular weight excluding hydrogens is 274 g/mol. The van der Waals surface area contributed by atoms with Crippen molar-refractivity contribution < 1.29 is 9.53 Å². The van der Waals surface area contributed by atoms with Crippen molar-refractivity contribution in [3.63, 3.8) is 0 Å². The highest BCUT2D eigenvalue weighted by Gasteiger charge is 2.63. The number of anilines is 1. The average molecular weight is 299 g/mol. The van der Waals surface area contributed by atoms with Gasteiger partial charge in [0.15, 0.2) is 5.78 Å². The van der Waals surface area contributed by atoms with Gasteiger partial charge >= 0.3 is 0 Å². The van der Waals surface area contributed by atoms with Gasteiger partial charge in [-0.1, -0.05) is 20.8 Å². The van der Waals surface area contributed by atoms with Crippen molar-refractivity contribution in [2.75, 3.05) is 11.9 Å².